The highest BCUT2D eigenvalue weighted by Crippen LogP contribution is 2.20. The Bertz CT molecular complexity index is 590. The summed E-state index contributed by atoms with van der Waals surface area (Å²) in [6.45, 7) is 6.01. The quantitative estimate of drug-likeness (QED) is 0.860. The molecule has 1 heterocycles. The molecule has 2 rings (SSSR count). The number of ketones is 1. The Morgan fingerprint density at radius 3 is 2.43 bits per heavy atom. The Labute approximate surface area is 137 Å². The van der Waals surface area contributed by atoms with Gasteiger partial charge in [-0.05, 0) is 39.2 Å². The molecule has 1 aromatic rings. The summed E-state index contributed by atoms with van der Waals surface area (Å²) >= 11 is 0. The van der Waals surface area contributed by atoms with Gasteiger partial charge in [0.05, 0.1) is 6.42 Å². The second-order valence-corrected chi connectivity index (χ2v) is 6.98. The van der Waals surface area contributed by atoms with Crippen molar-refractivity contribution in [1.82, 2.24) is 10.2 Å². The van der Waals surface area contributed by atoms with Crippen molar-refractivity contribution < 1.29 is 14.4 Å². The van der Waals surface area contributed by atoms with E-state index < -0.39 is 23.3 Å². The average Bonchev–Trinajstić information content (AvgIpc) is 2.95. The molecule has 0 spiro atoms. The van der Waals surface area contributed by atoms with E-state index in [1.165, 1.54) is 0 Å². The Hall–Kier alpha value is -2.17. The van der Waals surface area contributed by atoms with Crippen LogP contribution < -0.4 is 5.32 Å². The number of hydrogen-bond donors (Lipinski definition) is 1. The van der Waals surface area contributed by atoms with Gasteiger partial charge in [0.2, 0.25) is 11.7 Å². The van der Waals surface area contributed by atoms with Crippen molar-refractivity contribution >= 4 is 17.6 Å². The van der Waals surface area contributed by atoms with E-state index in [9.17, 15) is 14.4 Å². The number of hydrogen-bond acceptors (Lipinski definition) is 3. The number of Topliss-reactive ketones (excluding diaryl/α,β-unsaturated/α-hetero) is 1. The van der Waals surface area contributed by atoms with E-state index in [1.54, 1.807) is 4.90 Å². The van der Waals surface area contributed by atoms with Crippen molar-refractivity contribution in [2.75, 3.05) is 6.54 Å². The lowest BCUT2D eigenvalue weighted by Gasteiger charge is -2.25. The van der Waals surface area contributed by atoms with Crippen LogP contribution in [0.25, 0.3) is 0 Å². The number of nitrogens with one attached hydrogen (secondary N) is 1. The fourth-order valence-corrected chi connectivity index (χ4v) is 2.76. The molecule has 1 aliphatic rings. The second-order valence-electron chi connectivity index (χ2n) is 6.98. The maximum atomic E-state index is 12.5. The van der Waals surface area contributed by atoms with Crippen LogP contribution in [0.2, 0.25) is 0 Å². The minimum absolute atomic E-state index is 0.101. The highest BCUT2D eigenvalue weighted by molar-refractivity contribution is 6.38. The first-order valence-corrected chi connectivity index (χ1v) is 7.98. The van der Waals surface area contributed by atoms with Crippen molar-refractivity contribution in [2.45, 2.75) is 51.6 Å². The minimum Gasteiger partial charge on any atom is -0.345 e. The molecule has 1 fully saturated rings. The number of amides is 2. The molecular weight excluding hydrogens is 292 g/mol. The van der Waals surface area contributed by atoms with Crippen LogP contribution >= 0.6 is 0 Å². The van der Waals surface area contributed by atoms with E-state index in [1.807, 2.05) is 51.1 Å². The summed E-state index contributed by atoms with van der Waals surface area (Å²) in [7, 11) is 0. The summed E-state index contributed by atoms with van der Waals surface area (Å²) in [5.74, 6) is -1.23. The van der Waals surface area contributed by atoms with E-state index in [2.05, 4.69) is 5.32 Å². The zero-order valence-electron chi connectivity index (χ0n) is 14.0. The minimum atomic E-state index is -0.631. The molecule has 1 atom stereocenters. The lowest BCUT2D eigenvalue weighted by atomic mass is 10.1. The van der Waals surface area contributed by atoms with E-state index in [4.69, 9.17) is 0 Å². The van der Waals surface area contributed by atoms with E-state index in [0.717, 1.165) is 12.0 Å². The van der Waals surface area contributed by atoms with Crippen LogP contribution in [0.1, 0.15) is 39.2 Å². The monoisotopic (exact) mass is 316 g/mol. The number of nitrogens with zero attached hydrogens (tertiary/aromatic N) is 1. The van der Waals surface area contributed by atoms with E-state index in [0.29, 0.717) is 13.0 Å². The Morgan fingerprint density at radius 2 is 1.83 bits per heavy atom. The average molecular weight is 316 g/mol. The number of likely N-dealkylation sites (tertiary alicyclic amines) is 1. The lowest BCUT2D eigenvalue weighted by molar-refractivity contribution is -0.144. The van der Waals surface area contributed by atoms with Crippen LogP contribution in [0.3, 0.4) is 0 Å². The molecule has 23 heavy (non-hydrogen) atoms. The van der Waals surface area contributed by atoms with Gasteiger partial charge in [0.25, 0.3) is 5.91 Å². The maximum Gasteiger partial charge on any atom is 0.290 e. The van der Waals surface area contributed by atoms with E-state index >= 15 is 0 Å². The summed E-state index contributed by atoms with van der Waals surface area (Å²) in [6.07, 6.45) is 1.56. The molecule has 5 heteroatoms. The van der Waals surface area contributed by atoms with Gasteiger partial charge in [0.1, 0.15) is 6.04 Å². The van der Waals surface area contributed by atoms with Crippen molar-refractivity contribution in [3.8, 4) is 0 Å². The predicted octanol–water partition coefficient (Wildman–Crippen LogP) is 1.70. The molecule has 0 saturated carbocycles. The molecule has 1 aromatic carbocycles. The summed E-state index contributed by atoms with van der Waals surface area (Å²) < 4.78 is 0. The molecule has 0 aliphatic carbocycles. The maximum absolute atomic E-state index is 12.5. The van der Waals surface area contributed by atoms with Gasteiger partial charge < -0.3 is 10.2 Å². The standard InChI is InChI=1S/C18H24N2O3/c1-18(2,3)19-17(23)16(22)14-10-7-11-20(14)15(21)12-13-8-5-4-6-9-13/h4-6,8-9,14H,7,10-12H2,1-3H3,(H,19,23)/t14-/m0/s1. The van der Waals surface area contributed by atoms with Gasteiger partial charge in [-0.3, -0.25) is 14.4 Å². The fourth-order valence-electron chi connectivity index (χ4n) is 2.76. The van der Waals surface area contributed by atoms with Crippen molar-refractivity contribution in [3.63, 3.8) is 0 Å². The van der Waals surface area contributed by atoms with Crippen LogP contribution in [0.4, 0.5) is 0 Å². The molecule has 5 nitrogen and oxygen atoms in total. The predicted molar refractivity (Wildman–Crippen MR) is 87.8 cm³/mol. The third kappa shape index (κ3) is 4.65. The number of carbonyl (C=O) groups excluding carboxylic acids is 3. The van der Waals surface area contributed by atoms with Crippen molar-refractivity contribution in [3.05, 3.63) is 35.9 Å². The zero-order valence-corrected chi connectivity index (χ0v) is 14.0. The first kappa shape index (κ1) is 17.2. The molecule has 0 bridgehead atoms. The topological polar surface area (TPSA) is 66.5 Å². The van der Waals surface area contributed by atoms with Gasteiger partial charge in [0, 0.05) is 12.1 Å². The normalized spacial score (nSPS) is 17.9. The van der Waals surface area contributed by atoms with Gasteiger partial charge in [0.15, 0.2) is 0 Å². The Morgan fingerprint density at radius 1 is 1.17 bits per heavy atom. The second kappa shape index (κ2) is 6.94. The molecule has 1 saturated heterocycles. The van der Waals surface area contributed by atoms with Crippen LogP contribution in [0.15, 0.2) is 30.3 Å². The summed E-state index contributed by atoms with van der Waals surface area (Å²) in [5, 5.41) is 2.68. The van der Waals surface area contributed by atoms with E-state index in [-0.39, 0.29) is 12.3 Å². The third-order valence-corrected chi connectivity index (χ3v) is 3.79. The Kier molecular flexibility index (Phi) is 5.19. The summed E-state index contributed by atoms with van der Waals surface area (Å²) in [6, 6.07) is 8.80. The van der Waals surface area contributed by atoms with Crippen LogP contribution in [-0.2, 0) is 20.8 Å². The van der Waals surface area contributed by atoms with Crippen molar-refractivity contribution in [1.29, 1.82) is 0 Å². The number of rotatable bonds is 4. The highest BCUT2D eigenvalue weighted by Gasteiger charge is 2.37. The third-order valence-electron chi connectivity index (χ3n) is 3.79. The smallest absolute Gasteiger partial charge is 0.290 e. The number of carbonyl (C=O) groups is 3. The van der Waals surface area contributed by atoms with Crippen molar-refractivity contribution in [2.24, 2.45) is 0 Å². The van der Waals surface area contributed by atoms with Gasteiger partial charge in [-0.2, -0.15) is 0 Å². The molecule has 0 unspecified atom stereocenters. The van der Waals surface area contributed by atoms with Crippen LogP contribution in [-0.4, -0.2) is 40.6 Å². The SMILES string of the molecule is CC(C)(C)NC(=O)C(=O)[C@@H]1CCCN1C(=O)Cc1ccccc1. The molecule has 2 amide bonds. The first-order valence-electron chi connectivity index (χ1n) is 7.98. The molecular formula is C18H24N2O3. The van der Waals surface area contributed by atoms with Gasteiger partial charge in [-0.15, -0.1) is 0 Å². The van der Waals surface area contributed by atoms with Gasteiger partial charge in [-0.1, -0.05) is 30.3 Å². The number of benzene rings is 1. The summed E-state index contributed by atoms with van der Waals surface area (Å²) in [4.78, 5) is 38.5. The molecule has 1 aliphatic heterocycles. The van der Waals surface area contributed by atoms with Gasteiger partial charge in [-0.25, -0.2) is 0 Å². The lowest BCUT2D eigenvalue weighted by Crippen LogP contribution is -2.51. The van der Waals surface area contributed by atoms with Crippen LogP contribution in [0, 0.1) is 0 Å². The largest absolute Gasteiger partial charge is 0.345 e. The summed E-state index contributed by atoms with van der Waals surface area (Å²) in [5.41, 5.74) is 0.444. The molecule has 124 valence electrons. The highest BCUT2D eigenvalue weighted by atomic mass is 16.2. The van der Waals surface area contributed by atoms with Crippen LogP contribution in [0.5, 0.6) is 0 Å². The fraction of sp³-hybridized carbons (Fsp3) is 0.500. The van der Waals surface area contributed by atoms with Gasteiger partial charge >= 0.3 is 0 Å². The Balaban J connectivity index is 2.03. The molecule has 1 N–H and O–H groups in total. The molecule has 0 radical (unpaired) electrons. The zero-order chi connectivity index (χ0) is 17.0. The first-order chi connectivity index (χ1) is 10.8. The molecule has 0 aromatic heterocycles.